The highest BCUT2D eigenvalue weighted by atomic mass is 127. The van der Waals surface area contributed by atoms with E-state index in [2.05, 4.69) is 6.92 Å². The van der Waals surface area contributed by atoms with Crippen molar-refractivity contribution >= 4 is 22.6 Å². The molecular formula is C12H22F3I. The van der Waals surface area contributed by atoms with Crippen LogP contribution in [0.2, 0.25) is 0 Å². The monoisotopic (exact) mass is 350 g/mol. The molecule has 0 aliphatic heterocycles. The molecule has 0 aromatic rings. The molecule has 0 aliphatic rings. The summed E-state index contributed by atoms with van der Waals surface area (Å²) >= 11 is 1.94. The van der Waals surface area contributed by atoms with Crippen molar-refractivity contribution < 1.29 is 13.2 Å². The summed E-state index contributed by atoms with van der Waals surface area (Å²) in [4.78, 5) is 0. The van der Waals surface area contributed by atoms with E-state index in [1.54, 1.807) is 0 Å². The summed E-state index contributed by atoms with van der Waals surface area (Å²) in [6, 6.07) is 0. The lowest BCUT2D eigenvalue weighted by Gasteiger charge is -2.21. The van der Waals surface area contributed by atoms with Gasteiger partial charge >= 0.3 is 6.18 Å². The average molecular weight is 350 g/mol. The van der Waals surface area contributed by atoms with Crippen LogP contribution in [-0.2, 0) is 0 Å². The minimum atomic E-state index is -4.03. The first-order chi connectivity index (χ1) is 7.39. The van der Waals surface area contributed by atoms with Crippen LogP contribution in [0.15, 0.2) is 0 Å². The second kappa shape index (κ2) is 8.59. The number of halogens is 4. The summed E-state index contributed by atoms with van der Waals surface area (Å²) in [5.74, 6) is -1.18. The summed E-state index contributed by atoms with van der Waals surface area (Å²) in [6.45, 7) is 3.44. The molecule has 2 atom stereocenters. The van der Waals surface area contributed by atoms with Crippen LogP contribution in [0.4, 0.5) is 13.2 Å². The second-order valence-electron chi connectivity index (χ2n) is 4.40. The lowest BCUT2D eigenvalue weighted by molar-refractivity contribution is -0.168. The summed E-state index contributed by atoms with van der Waals surface area (Å²) in [5, 5.41) is 0. The molecule has 0 saturated carbocycles. The Bertz CT molecular complexity index is 168. The molecule has 0 fully saturated rings. The molecule has 0 bridgehead atoms. The third-order valence-electron chi connectivity index (χ3n) is 2.89. The first-order valence-electron chi connectivity index (χ1n) is 6.10. The standard InChI is InChI=1S/C12H22F3I/c1-3-4-5-6-7-8-9-11(16)10(2)12(13,14)15/h10-11H,3-9H2,1-2H3. The highest BCUT2D eigenvalue weighted by Crippen LogP contribution is 2.34. The van der Waals surface area contributed by atoms with Crippen LogP contribution in [0.5, 0.6) is 0 Å². The maximum atomic E-state index is 12.4. The molecule has 0 amide bonds. The van der Waals surface area contributed by atoms with E-state index in [1.165, 1.54) is 26.2 Å². The van der Waals surface area contributed by atoms with Gasteiger partial charge in [-0.05, 0) is 6.42 Å². The van der Waals surface area contributed by atoms with E-state index in [9.17, 15) is 13.2 Å². The minimum Gasteiger partial charge on any atom is -0.171 e. The van der Waals surface area contributed by atoms with Crippen molar-refractivity contribution in [2.75, 3.05) is 0 Å². The van der Waals surface area contributed by atoms with Crippen molar-refractivity contribution in [2.45, 2.75) is 68.9 Å². The molecule has 2 unspecified atom stereocenters. The van der Waals surface area contributed by atoms with Gasteiger partial charge in [-0.1, -0.05) is 75.0 Å². The van der Waals surface area contributed by atoms with Gasteiger partial charge in [0.05, 0.1) is 5.92 Å². The van der Waals surface area contributed by atoms with Gasteiger partial charge in [-0.3, -0.25) is 0 Å². The maximum absolute atomic E-state index is 12.4. The Labute approximate surface area is 111 Å². The average Bonchev–Trinajstić information content (AvgIpc) is 2.20. The predicted molar refractivity (Wildman–Crippen MR) is 71.0 cm³/mol. The van der Waals surface area contributed by atoms with Gasteiger partial charge in [-0.25, -0.2) is 0 Å². The van der Waals surface area contributed by atoms with Crippen LogP contribution in [0.1, 0.15) is 58.8 Å². The van der Waals surface area contributed by atoms with Gasteiger partial charge in [0.15, 0.2) is 0 Å². The molecule has 98 valence electrons. The van der Waals surface area contributed by atoms with Crippen molar-refractivity contribution in [1.82, 2.24) is 0 Å². The SMILES string of the molecule is CCCCCCCCC(I)C(C)C(F)(F)F. The number of alkyl halides is 4. The third-order valence-corrected chi connectivity index (χ3v) is 4.59. The van der Waals surface area contributed by atoms with E-state index in [-0.39, 0.29) is 3.92 Å². The van der Waals surface area contributed by atoms with Gasteiger partial charge in [0, 0.05) is 3.92 Å². The van der Waals surface area contributed by atoms with Crippen molar-refractivity contribution in [3.63, 3.8) is 0 Å². The smallest absolute Gasteiger partial charge is 0.171 e. The quantitative estimate of drug-likeness (QED) is 0.298. The maximum Gasteiger partial charge on any atom is 0.392 e. The van der Waals surface area contributed by atoms with E-state index in [1.807, 2.05) is 22.6 Å². The molecule has 0 aliphatic carbocycles. The molecule has 0 rings (SSSR count). The van der Waals surface area contributed by atoms with E-state index in [0.717, 1.165) is 19.3 Å². The topological polar surface area (TPSA) is 0 Å². The van der Waals surface area contributed by atoms with E-state index in [0.29, 0.717) is 6.42 Å². The normalized spacial score (nSPS) is 16.1. The van der Waals surface area contributed by atoms with E-state index >= 15 is 0 Å². The highest BCUT2D eigenvalue weighted by molar-refractivity contribution is 14.1. The first kappa shape index (κ1) is 16.5. The fourth-order valence-electron chi connectivity index (χ4n) is 1.57. The molecule has 0 N–H and O–H groups in total. The van der Waals surface area contributed by atoms with E-state index < -0.39 is 12.1 Å². The fraction of sp³-hybridized carbons (Fsp3) is 1.00. The van der Waals surface area contributed by atoms with Crippen LogP contribution in [0, 0.1) is 5.92 Å². The predicted octanol–water partition coefficient (Wildman–Crippen LogP) is 5.74. The minimum absolute atomic E-state index is 0.274. The molecule has 0 radical (unpaired) electrons. The Balaban J connectivity index is 3.54. The Kier molecular flexibility index (Phi) is 8.87. The molecule has 4 heteroatoms. The summed E-state index contributed by atoms with van der Waals surface area (Å²) in [5.41, 5.74) is 0. The molecule has 0 aromatic carbocycles. The van der Waals surface area contributed by atoms with Gasteiger partial charge < -0.3 is 0 Å². The molecule has 0 heterocycles. The lowest BCUT2D eigenvalue weighted by atomic mass is 10.0. The zero-order chi connectivity index (χ0) is 12.6. The summed E-state index contributed by atoms with van der Waals surface area (Å²) in [7, 11) is 0. The van der Waals surface area contributed by atoms with Crippen molar-refractivity contribution in [2.24, 2.45) is 5.92 Å². The molecule has 0 aromatic heterocycles. The molecular weight excluding hydrogens is 328 g/mol. The van der Waals surface area contributed by atoms with Gasteiger partial charge in [-0.15, -0.1) is 0 Å². The van der Waals surface area contributed by atoms with Gasteiger partial charge in [0.1, 0.15) is 0 Å². The van der Waals surface area contributed by atoms with Crippen LogP contribution in [-0.4, -0.2) is 10.1 Å². The van der Waals surface area contributed by atoms with E-state index in [4.69, 9.17) is 0 Å². The highest BCUT2D eigenvalue weighted by Gasteiger charge is 2.39. The second-order valence-corrected chi connectivity index (χ2v) is 6.00. The lowest BCUT2D eigenvalue weighted by Crippen LogP contribution is -2.27. The Morgan fingerprint density at radius 3 is 2.00 bits per heavy atom. The van der Waals surface area contributed by atoms with Crippen molar-refractivity contribution in [1.29, 1.82) is 0 Å². The first-order valence-corrected chi connectivity index (χ1v) is 7.35. The molecule has 16 heavy (non-hydrogen) atoms. The summed E-state index contributed by atoms with van der Waals surface area (Å²) < 4.78 is 36.8. The van der Waals surface area contributed by atoms with Crippen molar-refractivity contribution in [3.05, 3.63) is 0 Å². The van der Waals surface area contributed by atoms with Crippen LogP contribution in [0.3, 0.4) is 0 Å². The number of rotatable bonds is 8. The van der Waals surface area contributed by atoms with Gasteiger partial charge in [0.25, 0.3) is 0 Å². The number of hydrogen-bond donors (Lipinski definition) is 0. The van der Waals surface area contributed by atoms with Gasteiger partial charge in [-0.2, -0.15) is 13.2 Å². The zero-order valence-corrected chi connectivity index (χ0v) is 12.3. The van der Waals surface area contributed by atoms with Crippen molar-refractivity contribution in [3.8, 4) is 0 Å². The molecule has 0 saturated heterocycles. The largest absolute Gasteiger partial charge is 0.392 e. The number of unbranched alkanes of at least 4 members (excludes halogenated alkanes) is 5. The van der Waals surface area contributed by atoms with Gasteiger partial charge in [0.2, 0.25) is 0 Å². The zero-order valence-electron chi connectivity index (χ0n) is 10.1. The number of hydrogen-bond acceptors (Lipinski definition) is 0. The molecule has 0 nitrogen and oxygen atoms in total. The summed E-state index contributed by atoms with van der Waals surface area (Å²) in [6.07, 6.45) is 3.49. The van der Waals surface area contributed by atoms with Crippen LogP contribution < -0.4 is 0 Å². The van der Waals surface area contributed by atoms with Crippen LogP contribution in [0.25, 0.3) is 0 Å². The molecule has 0 spiro atoms. The fourth-order valence-corrected chi connectivity index (χ4v) is 2.42. The third kappa shape index (κ3) is 7.74. The Morgan fingerprint density at radius 2 is 1.50 bits per heavy atom. The van der Waals surface area contributed by atoms with Crippen LogP contribution >= 0.6 is 22.6 Å². The Morgan fingerprint density at radius 1 is 1.00 bits per heavy atom. The Hall–Kier alpha value is 0.520.